The number of hydrogen-bond donors (Lipinski definition) is 1. The Hall–Kier alpha value is -1.51. The lowest BCUT2D eigenvalue weighted by molar-refractivity contribution is -0.124. The number of hydrogen-bond acceptors (Lipinski definition) is 2. The Bertz CT molecular complexity index is 418. The van der Waals surface area contributed by atoms with Crippen molar-refractivity contribution in [2.45, 2.75) is 31.7 Å². The summed E-state index contributed by atoms with van der Waals surface area (Å²) >= 11 is 0. The fourth-order valence-corrected chi connectivity index (χ4v) is 3.34. The average Bonchev–Trinajstić information content (AvgIpc) is 3.00. The minimum absolute atomic E-state index is 0.0106. The smallest absolute Gasteiger partial charge is 0.258 e. The SMILES string of the molecule is O=C(COc1ccccc1)N[C@H]1C[C@H]2CC[C@@H]1C2. The van der Waals surface area contributed by atoms with Crippen LogP contribution in [0.1, 0.15) is 25.7 Å². The topological polar surface area (TPSA) is 38.3 Å². The van der Waals surface area contributed by atoms with E-state index in [0.717, 1.165) is 17.6 Å². The van der Waals surface area contributed by atoms with E-state index in [1.807, 2.05) is 30.3 Å². The zero-order valence-corrected chi connectivity index (χ0v) is 10.5. The number of para-hydroxylation sites is 1. The zero-order chi connectivity index (χ0) is 12.4. The molecule has 0 radical (unpaired) electrons. The van der Waals surface area contributed by atoms with Crippen LogP contribution in [0, 0.1) is 11.8 Å². The van der Waals surface area contributed by atoms with E-state index in [0.29, 0.717) is 6.04 Å². The molecule has 2 aliphatic carbocycles. The van der Waals surface area contributed by atoms with Gasteiger partial charge >= 0.3 is 0 Å². The van der Waals surface area contributed by atoms with Gasteiger partial charge in [0.25, 0.3) is 5.91 Å². The molecule has 0 aliphatic heterocycles. The molecule has 1 aromatic carbocycles. The molecule has 3 rings (SSSR count). The molecule has 2 bridgehead atoms. The second-order valence-corrected chi connectivity index (χ2v) is 5.45. The van der Waals surface area contributed by atoms with E-state index in [1.165, 1.54) is 25.7 Å². The molecular weight excluding hydrogens is 226 g/mol. The summed E-state index contributed by atoms with van der Waals surface area (Å²) < 4.78 is 5.45. The summed E-state index contributed by atoms with van der Waals surface area (Å²) in [5, 5.41) is 3.12. The molecule has 2 fully saturated rings. The molecule has 1 N–H and O–H groups in total. The summed E-state index contributed by atoms with van der Waals surface area (Å²) in [5.74, 6) is 2.34. The van der Waals surface area contributed by atoms with Gasteiger partial charge in [-0.05, 0) is 43.2 Å². The van der Waals surface area contributed by atoms with E-state index in [2.05, 4.69) is 5.32 Å². The van der Waals surface area contributed by atoms with Crippen molar-refractivity contribution in [2.24, 2.45) is 11.8 Å². The first kappa shape index (κ1) is 11.6. The Balaban J connectivity index is 1.45. The highest BCUT2D eigenvalue weighted by Gasteiger charge is 2.39. The van der Waals surface area contributed by atoms with Gasteiger partial charge in [0.2, 0.25) is 0 Å². The maximum atomic E-state index is 11.8. The molecule has 3 heteroatoms. The Labute approximate surface area is 108 Å². The van der Waals surface area contributed by atoms with Crippen molar-refractivity contribution in [3.63, 3.8) is 0 Å². The van der Waals surface area contributed by atoms with Crippen LogP contribution in [0.15, 0.2) is 30.3 Å². The number of amides is 1. The minimum Gasteiger partial charge on any atom is -0.484 e. The maximum absolute atomic E-state index is 11.8. The standard InChI is InChI=1S/C15H19NO2/c17-15(10-18-13-4-2-1-3-5-13)16-14-9-11-6-7-12(14)8-11/h1-5,11-12,14H,6-10H2,(H,16,17)/t11-,12+,14-/m0/s1. The quantitative estimate of drug-likeness (QED) is 0.884. The molecule has 0 spiro atoms. The highest BCUT2D eigenvalue weighted by Crippen LogP contribution is 2.44. The maximum Gasteiger partial charge on any atom is 0.258 e. The predicted octanol–water partition coefficient (Wildman–Crippen LogP) is 2.37. The van der Waals surface area contributed by atoms with Gasteiger partial charge in [-0.2, -0.15) is 0 Å². The normalized spacial score (nSPS) is 29.2. The fourth-order valence-electron chi connectivity index (χ4n) is 3.34. The predicted molar refractivity (Wildman–Crippen MR) is 69.3 cm³/mol. The lowest BCUT2D eigenvalue weighted by Crippen LogP contribution is -2.40. The van der Waals surface area contributed by atoms with Crippen molar-refractivity contribution >= 4 is 5.91 Å². The third-order valence-corrected chi connectivity index (χ3v) is 4.20. The van der Waals surface area contributed by atoms with Gasteiger partial charge in [-0.15, -0.1) is 0 Å². The highest BCUT2D eigenvalue weighted by molar-refractivity contribution is 5.77. The van der Waals surface area contributed by atoms with E-state index >= 15 is 0 Å². The Morgan fingerprint density at radius 2 is 2.06 bits per heavy atom. The van der Waals surface area contributed by atoms with Crippen LogP contribution < -0.4 is 10.1 Å². The molecule has 0 aromatic heterocycles. The van der Waals surface area contributed by atoms with Crippen LogP contribution in [0.5, 0.6) is 5.75 Å². The monoisotopic (exact) mass is 245 g/mol. The summed E-state index contributed by atoms with van der Waals surface area (Å²) in [5.41, 5.74) is 0. The van der Waals surface area contributed by atoms with Crippen LogP contribution in [0.25, 0.3) is 0 Å². The number of rotatable bonds is 4. The third-order valence-electron chi connectivity index (χ3n) is 4.20. The number of carbonyl (C=O) groups is 1. The van der Waals surface area contributed by atoms with Crippen molar-refractivity contribution in [3.05, 3.63) is 30.3 Å². The van der Waals surface area contributed by atoms with Crippen LogP contribution in [0.2, 0.25) is 0 Å². The second-order valence-electron chi connectivity index (χ2n) is 5.45. The Kier molecular flexibility index (Phi) is 3.22. The summed E-state index contributed by atoms with van der Waals surface area (Å²) in [6.45, 7) is 0.123. The molecule has 1 amide bonds. The Morgan fingerprint density at radius 3 is 2.72 bits per heavy atom. The molecule has 3 nitrogen and oxygen atoms in total. The minimum atomic E-state index is 0.0106. The van der Waals surface area contributed by atoms with E-state index in [-0.39, 0.29) is 12.5 Å². The average molecular weight is 245 g/mol. The summed E-state index contributed by atoms with van der Waals surface area (Å²) in [4.78, 5) is 11.8. The molecule has 0 heterocycles. The molecule has 1 aromatic rings. The van der Waals surface area contributed by atoms with Crippen LogP contribution in [-0.4, -0.2) is 18.6 Å². The van der Waals surface area contributed by atoms with Gasteiger partial charge in [-0.1, -0.05) is 24.6 Å². The largest absolute Gasteiger partial charge is 0.484 e. The van der Waals surface area contributed by atoms with Crippen molar-refractivity contribution in [3.8, 4) is 5.75 Å². The molecule has 3 atom stereocenters. The van der Waals surface area contributed by atoms with Gasteiger partial charge < -0.3 is 10.1 Å². The van der Waals surface area contributed by atoms with Crippen molar-refractivity contribution in [1.29, 1.82) is 0 Å². The third kappa shape index (κ3) is 2.50. The first-order valence-corrected chi connectivity index (χ1v) is 6.78. The van der Waals surface area contributed by atoms with Gasteiger partial charge in [0.05, 0.1) is 0 Å². The van der Waals surface area contributed by atoms with Crippen LogP contribution in [0.3, 0.4) is 0 Å². The van der Waals surface area contributed by atoms with Gasteiger partial charge in [-0.25, -0.2) is 0 Å². The summed E-state index contributed by atoms with van der Waals surface area (Å²) in [7, 11) is 0. The number of nitrogens with one attached hydrogen (secondary N) is 1. The highest BCUT2D eigenvalue weighted by atomic mass is 16.5. The lowest BCUT2D eigenvalue weighted by Gasteiger charge is -2.22. The van der Waals surface area contributed by atoms with Crippen molar-refractivity contribution < 1.29 is 9.53 Å². The summed E-state index contributed by atoms with van der Waals surface area (Å²) in [6.07, 6.45) is 5.12. The van der Waals surface area contributed by atoms with Gasteiger partial charge in [0.15, 0.2) is 6.61 Å². The number of carbonyl (C=O) groups excluding carboxylic acids is 1. The van der Waals surface area contributed by atoms with Crippen LogP contribution in [0.4, 0.5) is 0 Å². The van der Waals surface area contributed by atoms with E-state index < -0.39 is 0 Å². The molecular formula is C15H19NO2. The molecule has 0 saturated heterocycles. The molecule has 96 valence electrons. The van der Waals surface area contributed by atoms with Crippen LogP contribution >= 0.6 is 0 Å². The van der Waals surface area contributed by atoms with E-state index in [4.69, 9.17) is 4.74 Å². The fraction of sp³-hybridized carbons (Fsp3) is 0.533. The van der Waals surface area contributed by atoms with Gasteiger partial charge in [-0.3, -0.25) is 4.79 Å². The molecule has 18 heavy (non-hydrogen) atoms. The first-order chi connectivity index (χ1) is 8.81. The van der Waals surface area contributed by atoms with Gasteiger partial charge in [0.1, 0.15) is 5.75 Å². The van der Waals surface area contributed by atoms with E-state index in [1.54, 1.807) is 0 Å². The Morgan fingerprint density at radius 1 is 1.22 bits per heavy atom. The molecule has 2 saturated carbocycles. The zero-order valence-electron chi connectivity index (χ0n) is 10.5. The van der Waals surface area contributed by atoms with Crippen molar-refractivity contribution in [1.82, 2.24) is 5.32 Å². The number of ether oxygens (including phenoxy) is 1. The number of benzene rings is 1. The second kappa shape index (κ2) is 5.01. The van der Waals surface area contributed by atoms with Gasteiger partial charge in [0, 0.05) is 6.04 Å². The van der Waals surface area contributed by atoms with Crippen LogP contribution in [-0.2, 0) is 4.79 Å². The first-order valence-electron chi connectivity index (χ1n) is 6.78. The molecule has 2 aliphatic rings. The summed E-state index contributed by atoms with van der Waals surface area (Å²) in [6, 6.07) is 9.88. The number of fused-ring (bicyclic) bond motifs is 2. The lowest BCUT2D eigenvalue weighted by atomic mass is 9.95. The van der Waals surface area contributed by atoms with Crippen molar-refractivity contribution in [2.75, 3.05) is 6.61 Å². The molecule has 0 unspecified atom stereocenters. The van der Waals surface area contributed by atoms with E-state index in [9.17, 15) is 4.79 Å².